The van der Waals surface area contributed by atoms with Gasteiger partial charge in [-0.3, -0.25) is 4.79 Å². The summed E-state index contributed by atoms with van der Waals surface area (Å²) < 4.78 is 5.80. The molecule has 0 aliphatic carbocycles. The Morgan fingerprint density at radius 1 is 0.793 bits per heavy atom. The van der Waals surface area contributed by atoms with E-state index in [2.05, 4.69) is 12.1 Å². The van der Waals surface area contributed by atoms with Crippen LogP contribution in [0.5, 0.6) is 5.75 Å². The molecule has 2 N–H and O–H groups in total. The number of hydrogen-bond donors (Lipinski definition) is 1. The van der Waals surface area contributed by atoms with Gasteiger partial charge in [-0.1, -0.05) is 72.8 Å². The van der Waals surface area contributed by atoms with E-state index in [-0.39, 0.29) is 18.2 Å². The Kier molecular flexibility index (Phi) is 9.42. The lowest BCUT2D eigenvalue weighted by atomic mass is 9.98. The van der Waals surface area contributed by atoms with Crippen LogP contribution in [-0.2, 0) is 24.2 Å². The fraction of sp³-hybridized carbons (Fsp3) is 0.240. The Morgan fingerprint density at radius 2 is 1.38 bits per heavy atom. The number of aryl methyl sites for hydroxylation is 1. The molecule has 3 rings (SSSR count). The van der Waals surface area contributed by atoms with E-state index in [1.165, 1.54) is 5.56 Å². The highest BCUT2D eigenvalue weighted by molar-refractivity contribution is 5.85. The molecule has 3 nitrogen and oxygen atoms in total. The maximum absolute atomic E-state index is 12.3. The van der Waals surface area contributed by atoms with Crippen molar-refractivity contribution in [1.29, 1.82) is 0 Å². The van der Waals surface area contributed by atoms with Crippen molar-refractivity contribution in [2.45, 2.75) is 38.3 Å². The normalized spacial score (nSPS) is 11.3. The van der Waals surface area contributed by atoms with Crippen molar-refractivity contribution in [2.24, 2.45) is 5.73 Å². The zero-order valence-electron chi connectivity index (χ0n) is 16.5. The third kappa shape index (κ3) is 7.72. The van der Waals surface area contributed by atoms with Crippen LogP contribution in [0, 0.1) is 0 Å². The Balaban J connectivity index is 0.00000300. The molecular formula is C25H28ClNO2. The van der Waals surface area contributed by atoms with Crippen molar-refractivity contribution >= 4 is 18.2 Å². The Labute approximate surface area is 179 Å². The lowest BCUT2D eigenvalue weighted by Gasteiger charge is -2.12. The SMILES string of the molecule is Cl.N[C@@H](Cc1ccc(OCc2ccccc2)cc1)C(=O)CCCc1ccccc1. The van der Waals surface area contributed by atoms with Crippen LogP contribution < -0.4 is 10.5 Å². The van der Waals surface area contributed by atoms with Crippen LogP contribution in [0.3, 0.4) is 0 Å². The van der Waals surface area contributed by atoms with Gasteiger partial charge in [-0.15, -0.1) is 12.4 Å². The predicted molar refractivity (Wildman–Crippen MR) is 121 cm³/mol. The summed E-state index contributed by atoms with van der Waals surface area (Å²) in [7, 11) is 0. The van der Waals surface area contributed by atoms with Gasteiger partial charge in [-0.25, -0.2) is 0 Å². The zero-order chi connectivity index (χ0) is 19.6. The van der Waals surface area contributed by atoms with Crippen LogP contribution in [0.25, 0.3) is 0 Å². The topological polar surface area (TPSA) is 52.3 Å². The zero-order valence-corrected chi connectivity index (χ0v) is 17.3. The summed E-state index contributed by atoms with van der Waals surface area (Å²) in [6.45, 7) is 0.541. The van der Waals surface area contributed by atoms with Gasteiger partial charge in [0.15, 0.2) is 0 Å². The summed E-state index contributed by atoms with van der Waals surface area (Å²) in [5, 5.41) is 0. The summed E-state index contributed by atoms with van der Waals surface area (Å²) in [5.41, 5.74) is 9.57. The first-order valence-electron chi connectivity index (χ1n) is 9.78. The number of carbonyl (C=O) groups is 1. The summed E-state index contributed by atoms with van der Waals surface area (Å²) in [6, 6.07) is 27.7. The second-order valence-corrected chi connectivity index (χ2v) is 7.03. The van der Waals surface area contributed by atoms with Crippen LogP contribution >= 0.6 is 12.4 Å². The van der Waals surface area contributed by atoms with E-state index in [9.17, 15) is 4.79 Å². The number of hydrogen-bond acceptors (Lipinski definition) is 3. The van der Waals surface area contributed by atoms with Crippen LogP contribution in [-0.4, -0.2) is 11.8 Å². The molecule has 3 aromatic rings. The molecule has 0 aliphatic rings. The van der Waals surface area contributed by atoms with E-state index < -0.39 is 6.04 Å². The molecule has 0 unspecified atom stereocenters. The second-order valence-electron chi connectivity index (χ2n) is 7.03. The monoisotopic (exact) mass is 409 g/mol. The fourth-order valence-electron chi connectivity index (χ4n) is 3.13. The highest BCUT2D eigenvalue weighted by Crippen LogP contribution is 2.16. The standard InChI is InChI=1S/C25H27NO2.ClH/c26-24(25(27)13-7-12-20-8-3-1-4-9-20)18-21-14-16-23(17-15-21)28-19-22-10-5-2-6-11-22;/h1-6,8-11,14-17,24H,7,12-13,18-19,26H2;1H/t24-;/m0./s1. The molecule has 0 saturated heterocycles. The van der Waals surface area contributed by atoms with Crippen LogP contribution in [0.4, 0.5) is 0 Å². The first kappa shape index (κ1) is 22.7. The lowest BCUT2D eigenvalue weighted by Crippen LogP contribution is -2.32. The molecule has 3 aromatic carbocycles. The van der Waals surface area contributed by atoms with Gasteiger partial charge in [0.1, 0.15) is 18.1 Å². The Morgan fingerprint density at radius 3 is 2.00 bits per heavy atom. The van der Waals surface area contributed by atoms with Gasteiger partial charge in [-0.05, 0) is 48.1 Å². The number of benzene rings is 3. The number of nitrogens with two attached hydrogens (primary N) is 1. The summed E-state index contributed by atoms with van der Waals surface area (Å²) in [5.74, 6) is 0.940. The number of carbonyl (C=O) groups excluding carboxylic acids is 1. The van der Waals surface area contributed by atoms with E-state index in [0.717, 1.165) is 29.7 Å². The molecule has 0 bridgehead atoms. The maximum Gasteiger partial charge on any atom is 0.149 e. The number of rotatable bonds is 10. The van der Waals surface area contributed by atoms with Gasteiger partial charge in [0.25, 0.3) is 0 Å². The summed E-state index contributed by atoms with van der Waals surface area (Å²) in [6.07, 6.45) is 2.83. The fourth-order valence-corrected chi connectivity index (χ4v) is 3.13. The van der Waals surface area contributed by atoms with Gasteiger partial charge in [0.2, 0.25) is 0 Å². The molecule has 0 amide bonds. The molecule has 29 heavy (non-hydrogen) atoms. The van der Waals surface area contributed by atoms with E-state index >= 15 is 0 Å². The predicted octanol–water partition coefficient (Wildman–Crippen LogP) is 5.15. The van der Waals surface area contributed by atoms with Crippen molar-refractivity contribution in [3.63, 3.8) is 0 Å². The largest absolute Gasteiger partial charge is 0.489 e. The molecule has 0 heterocycles. The number of ether oxygens (including phenoxy) is 1. The minimum Gasteiger partial charge on any atom is -0.489 e. The average Bonchev–Trinajstić information content (AvgIpc) is 2.74. The van der Waals surface area contributed by atoms with Crippen LogP contribution in [0.15, 0.2) is 84.9 Å². The van der Waals surface area contributed by atoms with Gasteiger partial charge >= 0.3 is 0 Å². The van der Waals surface area contributed by atoms with Crippen molar-refractivity contribution in [2.75, 3.05) is 0 Å². The van der Waals surface area contributed by atoms with Gasteiger partial charge in [0.05, 0.1) is 6.04 Å². The smallest absolute Gasteiger partial charge is 0.149 e. The first-order valence-corrected chi connectivity index (χ1v) is 9.78. The molecule has 0 spiro atoms. The molecule has 0 fully saturated rings. The first-order chi connectivity index (χ1) is 13.7. The quantitative estimate of drug-likeness (QED) is 0.503. The van der Waals surface area contributed by atoms with Gasteiger partial charge in [-0.2, -0.15) is 0 Å². The van der Waals surface area contributed by atoms with Crippen molar-refractivity contribution in [3.8, 4) is 5.75 Å². The van der Waals surface area contributed by atoms with Gasteiger partial charge in [0, 0.05) is 6.42 Å². The molecule has 152 valence electrons. The number of ketones is 1. The molecule has 0 aromatic heterocycles. The molecular weight excluding hydrogens is 382 g/mol. The average molecular weight is 410 g/mol. The maximum atomic E-state index is 12.3. The highest BCUT2D eigenvalue weighted by atomic mass is 35.5. The van der Waals surface area contributed by atoms with E-state index in [1.807, 2.05) is 72.8 Å². The van der Waals surface area contributed by atoms with Crippen LogP contribution in [0.1, 0.15) is 29.5 Å². The Bertz CT molecular complexity index is 851. The minimum atomic E-state index is -0.452. The third-order valence-electron chi connectivity index (χ3n) is 4.77. The molecule has 0 radical (unpaired) electrons. The van der Waals surface area contributed by atoms with Crippen molar-refractivity contribution in [3.05, 3.63) is 102 Å². The minimum absolute atomic E-state index is 0. The lowest BCUT2D eigenvalue weighted by molar-refractivity contribution is -0.120. The summed E-state index contributed by atoms with van der Waals surface area (Å²) in [4.78, 5) is 12.3. The van der Waals surface area contributed by atoms with Gasteiger partial charge < -0.3 is 10.5 Å². The second kappa shape index (κ2) is 12.1. The molecule has 1 atom stereocenters. The van der Waals surface area contributed by atoms with Crippen molar-refractivity contribution in [1.82, 2.24) is 0 Å². The van der Waals surface area contributed by atoms with Crippen molar-refractivity contribution < 1.29 is 9.53 Å². The van der Waals surface area contributed by atoms with Crippen LogP contribution in [0.2, 0.25) is 0 Å². The Hall–Kier alpha value is -2.62. The van der Waals surface area contributed by atoms with E-state index in [0.29, 0.717) is 19.4 Å². The van der Waals surface area contributed by atoms with E-state index in [4.69, 9.17) is 10.5 Å². The third-order valence-corrected chi connectivity index (χ3v) is 4.77. The van der Waals surface area contributed by atoms with E-state index in [1.54, 1.807) is 0 Å². The highest BCUT2D eigenvalue weighted by Gasteiger charge is 2.14. The summed E-state index contributed by atoms with van der Waals surface area (Å²) >= 11 is 0. The number of Topliss-reactive ketones (excluding diaryl/α,β-unsaturated/α-hetero) is 1. The molecule has 0 saturated carbocycles. The molecule has 0 aliphatic heterocycles. The molecule has 4 heteroatoms. The number of halogens is 1.